The van der Waals surface area contributed by atoms with E-state index in [1.807, 2.05) is 54.6 Å². The molecule has 3 aromatic carbocycles. The van der Waals surface area contributed by atoms with Crippen LogP contribution in [-0.2, 0) is 4.79 Å². The molecule has 5 nitrogen and oxygen atoms in total. The normalized spacial score (nSPS) is 13.4. The largest absolute Gasteiger partial charge is 0.457 e. The summed E-state index contributed by atoms with van der Waals surface area (Å²) in [4.78, 5) is 26.6. The van der Waals surface area contributed by atoms with Gasteiger partial charge in [0.1, 0.15) is 11.5 Å². The third-order valence-electron chi connectivity index (χ3n) is 4.59. The van der Waals surface area contributed by atoms with E-state index in [-0.39, 0.29) is 11.8 Å². The van der Waals surface area contributed by atoms with Gasteiger partial charge in [-0.3, -0.25) is 9.59 Å². The highest BCUT2D eigenvalue weighted by atomic mass is 16.5. The van der Waals surface area contributed by atoms with Crippen molar-refractivity contribution in [2.45, 2.75) is 12.8 Å². The first-order valence-electron chi connectivity index (χ1n) is 9.24. The fourth-order valence-electron chi connectivity index (χ4n) is 3.24. The highest BCUT2D eigenvalue weighted by molar-refractivity contribution is 6.08. The summed E-state index contributed by atoms with van der Waals surface area (Å²) >= 11 is 0. The van der Waals surface area contributed by atoms with Crippen LogP contribution in [0.3, 0.4) is 0 Å². The number of anilines is 2. The SMILES string of the molecule is O=C(Nc1ccccc1N1CCCC1=O)c1cccc(Oc2ccccc2)c1. The van der Waals surface area contributed by atoms with Crippen molar-refractivity contribution >= 4 is 23.2 Å². The molecule has 1 aliphatic heterocycles. The molecule has 2 amide bonds. The zero-order valence-corrected chi connectivity index (χ0v) is 15.3. The van der Waals surface area contributed by atoms with Crippen LogP contribution in [0.4, 0.5) is 11.4 Å². The summed E-state index contributed by atoms with van der Waals surface area (Å²) in [5.41, 5.74) is 1.84. The Morgan fingerprint density at radius 3 is 2.43 bits per heavy atom. The first-order valence-corrected chi connectivity index (χ1v) is 9.24. The number of carbonyl (C=O) groups excluding carboxylic acids is 2. The third-order valence-corrected chi connectivity index (χ3v) is 4.59. The Hall–Kier alpha value is -3.60. The molecule has 0 bridgehead atoms. The Morgan fingerprint density at radius 1 is 0.893 bits per heavy atom. The average molecular weight is 372 g/mol. The van der Waals surface area contributed by atoms with Gasteiger partial charge in [0, 0.05) is 18.5 Å². The van der Waals surface area contributed by atoms with Gasteiger partial charge in [-0.2, -0.15) is 0 Å². The summed E-state index contributed by atoms with van der Waals surface area (Å²) in [6.07, 6.45) is 1.38. The highest BCUT2D eigenvalue weighted by Gasteiger charge is 2.24. The number of hydrogen-bond donors (Lipinski definition) is 1. The number of hydrogen-bond acceptors (Lipinski definition) is 3. The lowest BCUT2D eigenvalue weighted by atomic mass is 10.2. The molecule has 1 N–H and O–H groups in total. The molecule has 0 aliphatic carbocycles. The molecule has 0 atom stereocenters. The fourth-order valence-corrected chi connectivity index (χ4v) is 3.24. The minimum absolute atomic E-state index is 0.0833. The van der Waals surface area contributed by atoms with Crippen LogP contribution < -0.4 is 15.0 Å². The molecular weight excluding hydrogens is 352 g/mol. The van der Waals surface area contributed by atoms with Gasteiger partial charge in [0.15, 0.2) is 0 Å². The van der Waals surface area contributed by atoms with Crippen LogP contribution in [0, 0.1) is 0 Å². The predicted octanol–water partition coefficient (Wildman–Crippen LogP) is 4.86. The van der Waals surface area contributed by atoms with Gasteiger partial charge in [-0.25, -0.2) is 0 Å². The standard InChI is InChI=1S/C23H20N2O3/c26-22-14-7-15-25(22)21-13-5-4-12-20(21)24-23(27)17-8-6-11-19(16-17)28-18-9-2-1-3-10-18/h1-6,8-13,16H,7,14-15H2,(H,24,27). The fraction of sp³-hybridized carbons (Fsp3) is 0.130. The van der Waals surface area contributed by atoms with E-state index in [0.717, 1.165) is 12.1 Å². The lowest BCUT2D eigenvalue weighted by molar-refractivity contribution is -0.117. The lowest BCUT2D eigenvalue weighted by Gasteiger charge is -2.20. The third kappa shape index (κ3) is 3.88. The molecule has 1 saturated heterocycles. The van der Waals surface area contributed by atoms with Crippen molar-refractivity contribution < 1.29 is 14.3 Å². The van der Waals surface area contributed by atoms with Crippen LogP contribution in [0.5, 0.6) is 11.5 Å². The first-order chi connectivity index (χ1) is 13.7. The molecular formula is C23H20N2O3. The molecule has 5 heteroatoms. The van der Waals surface area contributed by atoms with Crippen molar-refractivity contribution in [1.29, 1.82) is 0 Å². The number of para-hydroxylation sites is 3. The van der Waals surface area contributed by atoms with Gasteiger partial charge >= 0.3 is 0 Å². The Kier molecular flexibility index (Phi) is 5.06. The van der Waals surface area contributed by atoms with Crippen LogP contribution in [0.2, 0.25) is 0 Å². The van der Waals surface area contributed by atoms with Crippen molar-refractivity contribution in [2.75, 3.05) is 16.8 Å². The number of amides is 2. The van der Waals surface area contributed by atoms with Crippen molar-refractivity contribution in [3.05, 3.63) is 84.4 Å². The summed E-state index contributed by atoms with van der Waals surface area (Å²) in [7, 11) is 0. The molecule has 0 radical (unpaired) electrons. The second-order valence-corrected chi connectivity index (χ2v) is 6.56. The summed E-state index contributed by atoms with van der Waals surface area (Å²) in [5, 5.41) is 2.93. The van der Waals surface area contributed by atoms with E-state index >= 15 is 0 Å². The number of carbonyl (C=O) groups is 2. The summed E-state index contributed by atoms with van der Waals surface area (Å²) in [6.45, 7) is 0.673. The summed E-state index contributed by atoms with van der Waals surface area (Å²) < 4.78 is 5.81. The smallest absolute Gasteiger partial charge is 0.255 e. The molecule has 0 saturated carbocycles. The van der Waals surface area contributed by atoms with Crippen LogP contribution in [-0.4, -0.2) is 18.4 Å². The predicted molar refractivity (Wildman–Crippen MR) is 109 cm³/mol. The van der Waals surface area contributed by atoms with Gasteiger partial charge in [-0.05, 0) is 48.9 Å². The quantitative estimate of drug-likeness (QED) is 0.696. The van der Waals surface area contributed by atoms with Gasteiger partial charge in [-0.1, -0.05) is 36.4 Å². The Bertz CT molecular complexity index is 1000. The number of ether oxygens (including phenoxy) is 1. The zero-order valence-electron chi connectivity index (χ0n) is 15.3. The highest BCUT2D eigenvalue weighted by Crippen LogP contribution is 2.30. The second-order valence-electron chi connectivity index (χ2n) is 6.56. The van der Waals surface area contributed by atoms with Crippen molar-refractivity contribution in [1.82, 2.24) is 0 Å². The van der Waals surface area contributed by atoms with E-state index in [0.29, 0.717) is 35.7 Å². The minimum Gasteiger partial charge on any atom is -0.457 e. The molecule has 1 heterocycles. The molecule has 28 heavy (non-hydrogen) atoms. The van der Waals surface area contributed by atoms with Crippen molar-refractivity contribution in [2.24, 2.45) is 0 Å². The van der Waals surface area contributed by atoms with E-state index < -0.39 is 0 Å². The van der Waals surface area contributed by atoms with Crippen LogP contribution in [0.25, 0.3) is 0 Å². The van der Waals surface area contributed by atoms with Crippen molar-refractivity contribution in [3.8, 4) is 11.5 Å². The Morgan fingerprint density at radius 2 is 1.64 bits per heavy atom. The monoisotopic (exact) mass is 372 g/mol. The second kappa shape index (κ2) is 7.96. The number of nitrogens with one attached hydrogen (secondary N) is 1. The number of rotatable bonds is 5. The van der Waals surface area contributed by atoms with Crippen molar-refractivity contribution in [3.63, 3.8) is 0 Å². The molecule has 0 aromatic heterocycles. The molecule has 140 valence electrons. The minimum atomic E-state index is -0.252. The van der Waals surface area contributed by atoms with Gasteiger partial charge in [-0.15, -0.1) is 0 Å². The number of nitrogens with zero attached hydrogens (tertiary/aromatic N) is 1. The van der Waals surface area contributed by atoms with E-state index in [1.54, 1.807) is 29.2 Å². The maximum atomic E-state index is 12.8. The maximum Gasteiger partial charge on any atom is 0.255 e. The molecule has 0 unspecified atom stereocenters. The summed E-state index contributed by atoms with van der Waals surface area (Å²) in [6, 6.07) is 23.8. The van der Waals surface area contributed by atoms with E-state index in [2.05, 4.69) is 5.32 Å². The van der Waals surface area contributed by atoms with Gasteiger partial charge in [0.05, 0.1) is 11.4 Å². The average Bonchev–Trinajstić information content (AvgIpc) is 3.15. The zero-order chi connectivity index (χ0) is 19.3. The topological polar surface area (TPSA) is 58.6 Å². The Balaban J connectivity index is 1.53. The molecule has 4 rings (SSSR count). The van der Waals surface area contributed by atoms with Gasteiger partial charge < -0.3 is 15.0 Å². The maximum absolute atomic E-state index is 12.8. The van der Waals surface area contributed by atoms with Gasteiger partial charge in [0.2, 0.25) is 5.91 Å². The lowest BCUT2D eigenvalue weighted by Crippen LogP contribution is -2.25. The van der Waals surface area contributed by atoms with Crippen LogP contribution in [0.1, 0.15) is 23.2 Å². The van der Waals surface area contributed by atoms with Gasteiger partial charge in [0.25, 0.3) is 5.91 Å². The van der Waals surface area contributed by atoms with E-state index in [9.17, 15) is 9.59 Å². The van der Waals surface area contributed by atoms with Crippen LogP contribution >= 0.6 is 0 Å². The molecule has 1 aliphatic rings. The van der Waals surface area contributed by atoms with E-state index in [4.69, 9.17) is 4.74 Å². The number of benzene rings is 3. The molecule has 3 aromatic rings. The Labute approximate surface area is 163 Å². The van der Waals surface area contributed by atoms with E-state index in [1.165, 1.54) is 0 Å². The molecule has 1 fully saturated rings. The van der Waals surface area contributed by atoms with Crippen LogP contribution in [0.15, 0.2) is 78.9 Å². The first kappa shape index (κ1) is 17.8. The summed E-state index contributed by atoms with van der Waals surface area (Å²) in [5.74, 6) is 1.12. The molecule has 0 spiro atoms.